The molecule has 1 saturated heterocycles. The van der Waals surface area contributed by atoms with E-state index in [4.69, 9.17) is 29.9 Å². The highest BCUT2D eigenvalue weighted by atomic mass is 16.7. The molecular formula is C30H41N3O9. The largest absolute Gasteiger partial charge is 0.481 e. The highest BCUT2D eigenvalue weighted by molar-refractivity contribution is 5.88. The number of aryl methyl sites for hydroxylation is 1. The van der Waals surface area contributed by atoms with Crippen LogP contribution in [-0.4, -0.2) is 77.7 Å². The molecule has 12 nitrogen and oxygen atoms in total. The minimum atomic E-state index is -2.74. The number of hydrogen-bond donors (Lipinski definition) is 5. The Kier molecular flexibility index (Phi) is 10.2. The number of carboxylic acid groups (broad SMARTS) is 3. The number of ether oxygens (including phenoxy) is 2. The van der Waals surface area contributed by atoms with Gasteiger partial charge in [-0.15, -0.1) is 0 Å². The molecule has 1 fully saturated rings. The molecule has 0 radical (unpaired) electrons. The number of aliphatic carboxylic acids is 3. The summed E-state index contributed by atoms with van der Waals surface area (Å²) in [5.74, 6) is -3.30. The first-order valence-electron chi connectivity index (χ1n) is 13.7. The number of piperidine rings is 1. The molecule has 0 aliphatic carbocycles. The number of fused-ring (bicyclic) bond motifs is 1. The molecule has 5 N–H and O–H groups in total. The van der Waals surface area contributed by atoms with E-state index in [1.165, 1.54) is 16.7 Å². The Labute approximate surface area is 245 Å². The van der Waals surface area contributed by atoms with Crippen molar-refractivity contribution in [1.29, 1.82) is 0 Å². The van der Waals surface area contributed by atoms with Gasteiger partial charge in [-0.3, -0.25) is 19.5 Å². The number of rotatable bonds is 10. The average Bonchev–Trinajstić information content (AvgIpc) is 3.29. The molecule has 1 aromatic heterocycles. The second-order valence-electron chi connectivity index (χ2n) is 12.3. The van der Waals surface area contributed by atoms with Gasteiger partial charge >= 0.3 is 17.9 Å². The summed E-state index contributed by atoms with van der Waals surface area (Å²) in [5.41, 5.74) is 1.32. The topological polar surface area (TPSA) is 179 Å². The van der Waals surface area contributed by atoms with E-state index >= 15 is 0 Å². The third kappa shape index (κ3) is 9.13. The molecule has 12 heteroatoms. The van der Waals surface area contributed by atoms with Crippen LogP contribution in [-0.2, 0) is 27.5 Å². The van der Waals surface area contributed by atoms with Gasteiger partial charge in [0.25, 0.3) is 0 Å². The summed E-state index contributed by atoms with van der Waals surface area (Å²) < 4.78 is 11.2. The first-order valence-corrected chi connectivity index (χ1v) is 13.7. The molecule has 1 aromatic carbocycles. The minimum absolute atomic E-state index is 0.104. The Bertz CT molecular complexity index is 1250. The van der Waals surface area contributed by atoms with E-state index in [1.54, 1.807) is 0 Å². The lowest BCUT2D eigenvalue weighted by Gasteiger charge is -2.50. The fraction of sp³-hybridized carbons (Fsp3) is 0.533. The van der Waals surface area contributed by atoms with Crippen LogP contribution in [0.4, 0.5) is 0 Å². The molecule has 2 aliphatic rings. The van der Waals surface area contributed by atoms with Gasteiger partial charge in [-0.25, -0.2) is 4.79 Å². The van der Waals surface area contributed by atoms with Gasteiger partial charge in [0.15, 0.2) is 17.1 Å². The summed E-state index contributed by atoms with van der Waals surface area (Å²) in [4.78, 5) is 37.3. The van der Waals surface area contributed by atoms with Crippen molar-refractivity contribution in [3.8, 4) is 11.5 Å². The predicted molar refractivity (Wildman–Crippen MR) is 152 cm³/mol. The molecule has 230 valence electrons. The van der Waals surface area contributed by atoms with Crippen molar-refractivity contribution >= 4 is 17.9 Å². The smallest absolute Gasteiger partial charge is 0.336 e. The van der Waals surface area contributed by atoms with Crippen molar-refractivity contribution in [2.75, 3.05) is 6.79 Å². The van der Waals surface area contributed by atoms with E-state index in [1.807, 2.05) is 12.4 Å². The van der Waals surface area contributed by atoms with Crippen molar-refractivity contribution in [2.24, 2.45) is 0 Å². The molecule has 0 amide bonds. The second-order valence-corrected chi connectivity index (χ2v) is 12.3. The lowest BCUT2D eigenvalue weighted by atomic mass is 9.78. The maximum Gasteiger partial charge on any atom is 0.336 e. The number of carboxylic acids is 3. The van der Waals surface area contributed by atoms with Gasteiger partial charge in [0.2, 0.25) is 6.79 Å². The molecule has 42 heavy (non-hydrogen) atoms. The van der Waals surface area contributed by atoms with Crippen LogP contribution in [0.25, 0.3) is 0 Å². The number of carbonyl (C=O) groups is 3. The number of hydrogen-bond acceptors (Lipinski definition) is 9. The van der Waals surface area contributed by atoms with E-state index in [9.17, 15) is 14.4 Å². The standard InChI is InChI=1S/C24H33N3O2.C6H8O7/c1-17-10-21-22(29-16-28-21)11-19(17)15-27(14-18-6-8-25-9-7-18)20-12-23(2,3)26-24(4,5)13-20;7-3(8)1-6(13,5(11)12)2-4(9)10/h6-11,20,26H,12-16H2,1-5H3;13H,1-2H2,(H,7,8)(H,9,10)(H,11,12). The van der Waals surface area contributed by atoms with Crippen LogP contribution in [0.15, 0.2) is 36.7 Å². The van der Waals surface area contributed by atoms with Gasteiger partial charge in [-0.2, -0.15) is 0 Å². The second kappa shape index (κ2) is 13.1. The molecule has 0 spiro atoms. The Morgan fingerprint density at radius 2 is 1.48 bits per heavy atom. The van der Waals surface area contributed by atoms with Gasteiger partial charge in [0.1, 0.15) is 0 Å². The fourth-order valence-corrected chi connectivity index (χ4v) is 5.75. The van der Waals surface area contributed by atoms with E-state index < -0.39 is 36.4 Å². The van der Waals surface area contributed by atoms with Gasteiger partial charge in [-0.05, 0) is 88.4 Å². The van der Waals surface area contributed by atoms with Crippen molar-refractivity contribution in [2.45, 2.75) is 96.1 Å². The molecule has 2 aromatic rings. The van der Waals surface area contributed by atoms with E-state index in [0.717, 1.165) is 37.4 Å². The van der Waals surface area contributed by atoms with Crippen LogP contribution >= 0.6 is 0 Å². The predicted octanol–water partition coefficient (Wildman–Crippen LogP) is 3.18. The van der Waals surface area contributed by atoms with Crippen LogP contribution in [0.5, 0.6) is 11.5 Å². The quantitative estimate of drug-likeness (QED) is 0.275. The van der Waals surface area contributed by atoms with Gasteiger partial charge in [0, 0.05) is 42.6 Å². The Balaban J connectivity index is 0.000000316. The Hall–Kier alpha value is -3.74. The summed E-state index contributed by atoms with van der Waals surface area (Å²) in [6, 6.07) is 9.00. The van der Waals surface area contributed by atoms with Gasteiger partial charge in [-0.1, -0.05) is 0 Å². The first kappa shape index (κ1) is 32.8. The average molecular weight is 588 g/mol. The zero-order valence-corrected chi connectivity index (χ0v) is 24.7. The number of pyridine rings is 1. The lowest BCUT2D eigenvalue weighted by molar-refractivity contribution is -0.170. The minimum Gasteiger partial charge on any atom is -0.481 e. The van der Waals surface area contributed by atoms with E-state index in [2.05, 4.69) is 74.1 Å². The number of nitrogens with one attached hydrogen (secondary N) is 1. The molecule has 2 aliphatic heterocycles. The van der Waals surface area contributed by atoms with Crippen LogP contribution in [0.2, 0.25) is 0 Å². The molecule has 0 atom stereocenters. The zero-order chi connectivity index (χ0) is 31.3. The molecule has 0 unspecified atom stereocenters. The molecule has 0 saturated carbocycles. The van der Waals surface area contributed by atoms with Crippen LogP contribution < -0.4 is 14.8 Å². The third-order valence-corrected chi connectivity index (χ3v) is 7.31. The first-order chi connectivity index (χ1) is 19.5. The summed E-state index contributed by atoms with van der Waals surface area (Å²) >= 11 is 0. The zero-order valence-electron chi connectivity index (χ0n) is 24.7. The third-order valence-electron chi connectivity index (χ3n) is 7.31. The number of benzene rings is 1. The van der Waals surface area contributed by atoms with Gasteiger partial charge < -0.3 is 35.2 Å². The van der Waals surface area contributed by atoms with E-state index in [-0.39, 0.29) is 11.1 Å². The van der Waals surface area contributed by atoms with Gasteiger partial charge in [0.05, 0.1) is 12.8 Å². The van der Waals surface area contributed by atoms with E-state index in [0.29, 0.717) is 12.8 Å². The maximum atomic E-state index is 10.3. The highest BCUT2D eigenvalue weighted by Gasteiger charge is 2.41. The summed E-state index contributed by atoms with van der Waals surface area (Å²) in [7, 11) is 0. The molecular weight excluding hydrogens is 546 g/mol. The summed E-state index contributed by atoms with van der Waals surface area (Å²) in [6.45, 7) is 13.5. The van der Waals surface area contributed by atoms with Crippen molar-refractivity contribution in [1.82, 2.24) is 15.2 Å². The number of aromatic nitrogens is 1. The monoisotopic (exact) mass is 587 g/mol. The Morgan fingerprint density at radius 3 is 1.98 bits per heavy atom. The highest BCUT2D eigenvalue weighted by Crippen LogP contribution is 2.37. The number of aliphatic hydroxyl groups is 1. The van der Waals surface area contributed by atoms with Crippen LogP contribution in [0.1, 0.15) is 70.1 Å². The maximum absolute atomic E-state index is 10.3. The normalized spacial score (nSPS) is 17.3. The van der Waals surface area contributed by atoms with Crippen LogP contribution in [0, 0.1) is 6.92 Å². The SMILES string of the molecule is Cc1cc2c(cc1CN(Cc1ccncc1)C1CC(C)(C)NC(C)(C)C1)OCO2.O=C(O)CC(O)(CC(=O)O)C(=O)O. The van der Waals surface area contributed by atoms with Crippen molar-refractivity contribution in [3.05, 3.63) is 53.3 Å². The lowest BCUT2D eigenvalue weighted by Crippen LogP contribution is -2.62. The molecule has 4 rings (SSSR count). The summed E-state index contributed by atoms with van der Waals surface area (Å²) in [6.07, 6.45) is 3.71. The fourth-order valence-electron chi connectivity index (χ4n) is 5.75. The van der Waals surface area contributed by atoms with Crippen LogP contribution in [0.3, 0.4) is 0 Å². The molecule has 0 bridgehead atoms. The number of nitrogens with zero attached hydrogens (tertiary/aromatic N) is 2. The van der Waals surface area contributed by atoms with Crippen molar-refractivity contribution < 1.29 is 44.3 Å². The molecule has 3 heterocycles. The summed E-state index contributed by atoms with van der Waals surface area (Å²) in [5, 5.41) is 37.6. The van der Waals surface area contributed by atoms with Crippen molar-refractivity contribution in [3.63, 3.8) is 0 Å². The Morgan fingerprint density at radius 1 is 0.952 bits per heavy atom.